The highest BCUT2D eigenvalue weighted by atomic mass is 35.5. The summed E-state index contributed by atoms with van der Waals surface area (Å²) in [6.07, 6.45) is -5.47. The molecule has 0 aliphatic rings. The van der Waals surface area contributed by atoms with Crippen molar-refractivity contribution >= 4 is 17.7 Å². The fraction of sp³-hybridized carbons (Fsp3) is 0.438. The largest absolute Gasteiger partial charge is 0.471 e. The summed E-state index contributed by atoms with van der Waals surface area (Å²) >= 11 is 5.91. The molecule has 0 aliphatic heterocycles. The maximum Gasteiger partial charge on any atom is 0.471 e. The van der Waals surface area contributed by atoms with Crippen LogP contribution in [0.2, 0.25) is 0 Å². The van der Waals surface area contributed by atoms with Crippen LogP contribution < -0.4 is 0 Å². The average molecular weight is 408 g/mol. The second-order valence-corrected chi connectivity index (χ2v) is 6.25. The molecule has 1 heterocycles. The third kappa shape index (κ3) is 5.57. The fourth-order valence-corrected chi connectivity index (χ4v) is 1.95. The third-order valence-corrected chi connectivity index (χ3v) is 3.96. The topological polar surface area (TPSA) is 77.7 Å². The van der Waals surface area contributed by atoms with Gasteiger partial charge in [-0.15, -0.1) is 0 Å². The first-order valence-electron chi connectivity index (χ1n) is 7.78. The van der Waals surface area contributed by atoms with E-state index in [1.165, 1.54) is 19.2 Å². The summed E-state index contributed by atoms with van der Waals surface area (Å²) in [6.45, 7) is 3.63. The van der Waals surface area contributed by atoms with E-state index in [2.05, 4.69) is 14.7 Å². The van der Waals surface area contributed by atoms with E-state index in [1.807, 2.05) is 0 Å². The molecule has 1 atom stereocenters. The van der Waals surface area contributed by atoms with E-state index in [0.717, 1.165) is 5.06 Å². The summed E-state index contributed by atoms with van der Waals surface area (Å²) in [5.41, 5.74) is 0.150. The van der Waals surface area contributed by atoms with Gasteiger partial charge in [0.15, 0.2) is 5.56 Å². The first kappa shape index (κ1) is 21.0. The quantitative estimate of drug-likeness (QED) is 0.519. The van der Waals surface area contributed by atoms with Gasteiger partial charge in [-0.3, -0.25) is 4.84 Å². The number of hydrogen-bond acceptors (Lipinski definition) is 6. The van der Waals surface area contributed by atoms with Gasteiger partial charge in [-0.2, -0.15) is 23.2 Å². The Bertz CT molecular complexity index is 765. The van der Waals surface area contributed by atoms with Gasteiger partial charge in [0, 0.05) is 11.5 Å². The third-order valence-electron chi connectivity index (χ3n) is 3.37. The molecule has 2 aromatic rings. The van der Waals surface area contributed by atoms with Crippen LogP contribution in [0.5, 0.6) is 0 Å². The van der Waals surface area contributed by atoms with Crippen molar-refractivity contribution in [1.29, 1.82) is 0 Å². The normalized spacial score (nSPS) is 12.9. The van der Waals surface area contributed by atoms with Gasteiger partial charge in [0.1, 0.15) is 0 Å². The Balaban J connectivity index is 2.05. The Morgan fingerprint density at radius 3 is 2.41 bits per heavy atom. The number of halogens is 4. The van der Waals surface area contributed by atoms with E-state index in [9.17, 15) is 18.0 Å². The van der Waals surface area contributed by atoms with E-state index in [0.29, 0.717) is 11.1 Å². The number of ether oxygens (including phenoxy) is 1. The molecular weight excluding hydrogens is 391 g/mol. The van der Waals surface area contributed by atoms with Crippen LogP contribution in [0, 0.1) is 5.92 Å². The van der Waals surface area contributed by atoms with E-state index >= 15 is 0 Å². The lowest BCUT2D eigenvalue weighted by atomic mass is 10.1. The number of alkyl halides is 4. The van der Waals surface area contributed by atoms with Crippen LogP contribution >= 0.6 is 11.6 Å². The van der Waals surface area contributed by atoms with Crippen molar-refractivity contribution in [2.45, 2.75) is 32.1 Å². The van der Waals surface area contributed by atoms with Crippen molar-refractivity contribution in [3.8, 4) is 11.4 Å². The van der Waals surface area contributed by atoms with Crippen molar-refractivity contribution in [2.75, 3.05) is 7.11 Å². The van der Waals surface area contributed by atoms with Gasteiger partial charge in [0.25, 0.3) is 0 Å². The number of hydrogen-bond donors (Lipinski definition) is 0. The molecule has 1 amide bonds. The number of nitrogens with zero attached hydrogens (tertiary/aromatic N) is 3. The Morgan fingerprint density at radius 2 is 1.93 bits per heavy atom. The Hall–Kier alpha value is -2.33. The molecule has 0 aliphatic carbocycles. The van der Waals surface area contributed by atoms with Crippen molar-refractivity contribution < 1.29 is 32.1 Å². The molecule has 0 radical (unpaired) electrons. The van der Waals surface area contributed by atoms with Crippen LogP contribution in [0.4, 0.5) is 18.0 Å². The highest BCUT2D eigenvalue weighted by Crippen LogP contribution is 2.29. The minimum absolute atomic E-state index is 0.0391. The maximum atomic E-state index is 12.5. The second kappa shape index (κ2) is 8.57. The van der Waals surface area contributed by atoms with Crippen LogP contribution in [-0.2, 0) is 22.3 Å². The summed E-state index contributed by atoms with van der Waals surface area (Å²) < 4.78 is 46.8. The first-order chi connectivity index (χ1) is 12.6. The van der Waals surface area contributed by atoms with Gasteiger partial charge in [-0.25, -0.2) is 4.79 Å². The molecule has 1 aromatic carbocycles. The molecule has 2 rings (SSSR count). The van der Waals surface area contributed by atoms with Crippen molar-refractivity contribution in [3.63, 3.8) is 0 Å². The van der Waals surface area contributed by atoms with E-state index in [1.54, 1.807) is 26.0 Å². The number of aromatic nitrogens is 2. The van der Waals surface area contributed by atoms with Crippen molar-refractivity contribution in [1.82, 2.24) is 15.2 Å². The highest BCUT2D eigenvalue weighted by Gasteiger charge is 2.38. The lowest BCUT2D eigenvalue weighted by Gasteiger charge is -2.22. The highest BCUT2D eigenvalue weighted by molar-refractivity contribution is 6.20. The van der Waals surface area contributed by atoms with Gasteiger partial charge in [0.05, 0.1) is 13.7 Å². The number of hydroxylamine groups is 2. The van der Waals surface area contributed by atoms with Crippen LogP contribution in [-0.4, -0.2) is 34.0 Å². The molecule has 1 unspecified atom stereocenters. The number of benzene rings is 1. The van der Waals surface area contributed by atoms with Crippen molar-refractivity contribution in [3.05, 3.63) is 35.7 Å². The van der Waals surface area contributed by atoms with Gasteiger partial charge < -0.3 is 9.26 Å². The molecular formula is C16H17ClF3N3O4. The van der Waals surface area contributed by atoms with Crippen LogP contribution in [0.3, 0.4) is 0 Å². The molecule has 0 fully saturated rings. The second-order valence-electron chi connectivity index (χ2n) is 5.82. The molecule has 148 valence electrons. The number of carbonyl (C=O) groups is 1. The Morgan fingerprint density at radius 1 is 1.30 bits per heavy atom. The Labute approximate surface area is 157 Å². The number of rotatable bonds is 6. The van der Waals surface area contributed by atoms with Gasteiger partial charge in [-0.1, -0.05) is 54.9 Å². The molecule has 11 heteroatoms. The predicted molar refractivity (Wildman–Crippen MR) is 88.2 cm³/mol. The minimum atomic E-state index is -4.71. The molecule has 1 aromatic heterocycles. The van der Waals surface area contributed by atoms with Crippen LogP contribution in [0.15, 0.2) is 28.8 Å². The molecule has 0 bridgehead atoms. The molecule has 27 heavy (non-hydrogen) atoms. The predicted octanol–water partition coefficient (Wildman–Crippen LogP) is 4.48. The van der Waals surface area contributed by atoms with E-state index < -0.39 is 23.7 Å². The monoisotopic (exact) mass is 407 g/mol. The van der Waals surface area contributed by atoms with Gasteiger partial charge in [0.2, 0.25) is 5.82 Å². The number of carbonyl (C=O) groups excluding carboxylic acids is 1. The average Bonchev–Trinajstić information content (AvgIpc) is 3.10. The van der Waals surface area contributed by atoms with Crippen molar-refractivity contribution in [2.24, 2.45) is 5.92 Å². The minimum Gasteiger partial charge on any atom is -0.428 e. The van der Waals surface area contributed by atoms with Crippen LogP contribution in [0.1, 0.15) is 25.3 Å². The van der Waals surface area contributed by atoms with Crippen LogP contribution in [0.25, 0.3) is 11.4 Å². The molecule has 7 nitrogen and oxygen atoms in total. The van der Waals surface area contributed by atoms with Gasteiger partial charge in [-0.05, 0) is 5.56 Å². The van der Waals surface area contributed by atoms with E-state index in [4.69, 9.17) is 21.2 Å². The summed E-state index contributed by atoms with van der Waals surface area (Å²) in [5.74, 6) is -1.69. The van der Waals surface area contributed by atoms with E-state index in [-0.39, 0.29) is 18.3 Å². The SMILES string of the molecule is CON(Cc1ccc(-c2noc(C(F)(F)F)n2)cc1)C(=O)OC(Cl)C(C)C. The molecule has 0 saturated carbocycles. The number of amides is 1. The first-order valence-corrected chi connectivity index (χ1v) is 8.22. The summed E-state index contributed by atoms with van der Waals surface area (Å²) in [6, 6.07) is 6.16. The summed E-state index contributed by atoms with van der Waals surface area (Å²) in [7, 11) is 1.30. The fourth-order valence-electron chi connectivity index (χ4n) is 1.88. The zero-order valence-electron chi connectivity index (χ0n) is 14.7. The lowest BCUT2D eigenvalue weighted by Crippen LogP contribution is -2.33. The summed E-state index contributed by atoms with van der Waals surface area (Å²) in [4.78, 5) is 20.3. The maximum absolute atomic E-state index is 12.5. The van der Waals surface area contributed by atoms with Gasteiger partial charge >= 0.3 is 18.2 Å². The molecule has 0 saturated heterocycles. The smallest absolute Gasteiger partial charge is 0.428 e. The zero-order chi connectivity index (χ0) is 20.2. The molecule has 0 N–H and O–H groups in total. The summed E-state index contributed by atoms with van der Waals surface area (Å²) in [5, 5.41) is 4.27. The lowest BCUT2D eigenvalue weighted by molar-refractivity contribution is -0.159. The molecule has 0 spiro atoms. The zero-order valence-corrected chi connectivity index (χ0v) is 15.4. The Kier molecular flexibility index (Phi) is 6.66. The standard InChI is InChI=1S/C16H17ClF3N3O4/c1-9(2)12(17)26-15(24)23(25-3)8-10-4-6-11(7-5-10)13-21-14(27-22-13)16(18,19)20/h4-7,9,12H,8H2,1-3H3.